The maximum absolute atomic E-state index is 15.3. The number of carbonyl (C=O) groups is 2. The van der Waals surface area contributed by atoms with Crippen LogP contribution in [0.1, 0.15) is 33.9 Å². The molecule has 0 unspecified atom stereocenters. The third-order valence-electron chi connectivity index (χ3n) is 7.50. The number of carbonyl (C=O) groups excluding carboxylic acids is 2. The molecule has 0 spiro atoms. The Labute approximate surface area is 231 Å². The van der Waals surface area contributed by atoms with Crippen LogP contribution in [0.3, 0.4) is 0 Å². The van der Waals surface area contributed by atoms with Crippen molar-refractivity contribution in [3.8, 4) is 28.1 Å². The summed E-state index contributed by atoms with van der Waals surface area (Å²) in [6, 6.07) is 14.0. The molecule has 1 fully saturated rings. The lowest BCUT2D eigenvalue weighted by molar-refractivity contribution is -0.125. The van der Waals surface area contributed by atoms with Crippen molar-refractivity contribution >= 4 is 11.8 Å². The Morgan fingerprint density at radius 2 is 1.95 bits per heavy atom. The topological polar surface area (TPSA) is 80.6 Å². The molecule has 40 heavy (non-hydrogen) atoms. The van der Waals surface area contributed by atoms with Gasteiger partial charge in [-0.15, -0.1) is 0 Å². The molecule has 1 saturated heterocycles. The predicted octanol–water partition coefficient (Wildman–Crippen LogP) is 4.88. The smallest absolute Gasteiger partial charge is 0.254 e. The molecule has 0 bridgehead atoms. The van der Waals surface area contributed by atoms with Crippen molar-refractivity contribution in [2.24, 2.45) is 0 Å². The second kappa shape index (κ2) is 10.4. The summed E-state index contributed by atoms with van der Waals surface area (Å²) in [5.74, 6) is 0.000588. The summed E-state index contributed by atoms with van der Waals surface area (Å²) in [4.78, 5) is 31.9. The summed E-state index contributed by atoms with van der Waals surface area (Å²) in [6.07, 6.45) is 7.35. The van der Waals surface area contributed by atoms with Crippen molar-refractivity contribution < 1.29 is 18.7 Å². The van der Waals surface area contributed by atoms with E-state index in [-0.39, 0.29) is 24.5 Å². The van der Waals surface area contributed by atoms with Crippen LogP contribution >= 0.6 is 0 Å². The zero-order chi connectivity index (χ0) is 27.8. The average molecular weight is 538 g/mol. The Bertz CT molecular complexity index is 1620. The van der Waals surface area contributed by atoms with Crippen molar-refractivity contribution in [2.45, 2.75) is 25.6 Å². The molecule has 9 heteroatoms. The Morgan fingerprint density at radius 1 is 1.12 bits per heavy atom. The van der Waals surface area contributed by atoms with Crippen LogP contribution in [0.15, 0.2) is 79.8 Å². The van der Waals surface area contributed by atoms with Gasteiger partial charge in [0, 0.05) is 62.0 Å². The minimum absolute atomic E-state index is 0.0210. The van der Waals surface area contributed by atoms with Crippen LogP contribution in [-0.4, -0.2) is 56.5 Å². The minimum atomic E-state index is -0.415. The van der Waals surface area contributed by atoms with E-state index in [4.69, 9.17) is 9.84 Å². The van der Waals surface area contributed by atoms with Gasteiger partial charge in [-0.05, 0) is 71.7 Å². The predicted molar refractivity (Wildman–Crippen MR) is 148 cm³/mol. The normalized spacial score (nSPS) is 16.4. The van der Waals surface area contributed by atoms with Gasteiger partial charge in [-0.2, -0.15) is 5.10 Å². The van der Waals surface area contributed by atoms with Gasteiger partial charge in [0.2, 0.25) is 5.91 Å². The second-order valence-electron chi connectivity index (χ2n) is 10.1. The van der Waals surface area contributed by atoms with Crippen molar-refractivity contribution in [3.05, 3.63) is 102 Å². The van der Waals surface area contributed by atoms with Gasteiger partial charge in [0.05, 0.1) is 6.04 Å². The second-order valence-corrected chi connectivity index (χ2v) is 10.1. The van der Waals surface area contributed by atoms with Crippen molar-refractivity contribution in [3.63, 3.8) is 0 Å². The molecule has 8 nitrogen and oxygen atoms in total. The van der Waals surface area contributed by atoms with E-state index in [2.05, 4.69) is 11.6 Å². The molecule has 0 saturated carbocycles. The highest BCUT2D eigenvalue weighted by Gasteiger charge is 2.29. The summed E-state index contributed by atoms with van der Waals surface area (Å²) in [5.41, 5.74) is 5.04. The van der Waals surface area contributed by atoms with E-state index >= 15 is 4.39 Å². The van der Waals surface area contributed by atoms with Gasteiger partial charge in [0.15, 0.2) is 0 Å². The molecule has 1 atom stereocenters. The minimum Gasteiger partial charge on any atom is -0.489 e. The maximum Gasteiger partial charge on any atom is 0.254 e. The summed E-state index contributed by atoms with van der Waals surface area (Å²) < 4.78 is 23.2. The van der Waals surface area contributed by atoms with E-state index in [0.717, 1.165) is 28.7 Å². The molecule has 2 amide bonds. The number of fused-ring (bicyclic) bond motifs is 1. The van der Waals surface area contributed by atoms with Gasteiger partial charge < -0.3 is 14.5 Å². The Hall–Kier alpha value is -4.79. The molecule has 0 aliphatic carbocycles. The fourth-order valence-corrected chi connectivity index (χ4v) is 5.36. The molecule has 2 aliphatic heterocycles. The first-order chi connectivity index (χ1) is 19.4. The number of likely N-dealkylation sites (tertiary alicyclic amines) is 1. The molecular formula is C31H28FN5O3. The number of hydrogen-bond acceptors (Lipinski definition) is 5. The number of hydrogen-bond donors (Lipinski definition) is 0. The van der Waals surface area contributed by atoms with Gasteiger partial charge in [-0.3, -0.25) is 19.3 Å². The first-order valence-electron chi connectivity index (χ1n) is 13.1. The van der Waals surface area contributed by atoms with E-state index in [1.54, 1.807) is 41.4 Å². The summed E-state index contributed by atoms with van der Waals surface area (Å²) in [5, 5.41) is 4.83. The molecule has 0 N–H and O–H groups in total. The van der Waals surface area contributed by atoms with E-state index in [9.17, 15) is 9.59 Å². The fraction of sp³-hybridized carbons (Fsp3) is 0.226. The number of halogens is 1. The number of benzene rings is 2. The van der Waals surface area contributed by atoms with Crippen LogP contribution < -0.4 is 4.74 Å². The van der Waals surface area contributed by atoms with Crippen LogP contribution in [-0.2, 0) is 17.9 Å². The van der Waals surface area contributed by atoms with Gasteiger partial charge >= 0.3 is 0 Å². The highest BCUT2D eigenvalue weighted by Crippen LogP contribution is 2.36. The molecule has 4 aromatic rings. The van der Waals surface area contributed by atoms with Crippen LogP contribution in [0, 0.1) is 5.82 Å². The molecule has 0 radical (unpaired) electrons. The lowest BCUT2D eigenvalue weighted by atomic mass is 10.0. The number of amides is 2. The first-order valence-corrected chi connectivity index (χ1v) is 13.1. The van der Waals surface area contributed by atoms with Crippen LogP contribution in [0.4, 0.5) is 4.39 Å². The summed E-state index contributed by atoms with van der Waals surface area (Å²) >= 11 is 0. The lowest BCUT2D eigenvalue weighted by Gasteiger charge is -2.14. The van der Waals surface area contributed by atoms with Crippen LogP contribution in [0.5, 0.6) is 5.75 Å². The zero-order valence-electron chi connectivity index (χ0n) is 22.1. The van der Waals surface area contributed by atoms with Crippen LogP contribution in [0.25, 0.3) is 22.4 Å². The molecule has 2 aromatic carbocycles. The monoisotopic (exact) mass is 537 g/mol. The van der Waals surface area contributed by atoms with Crippen molar-refractivity contribution in [2.75, 3.05) is 20.1 Å². The largest absolute Gasteiger partial charge is 0.489 e. The highest BCUT2D eigenvalue weighted by molar-refractivity contribution is 5.98. The quantitative estimate of drug-likeness (QED) is 0.314. The van der Waals surface area contributed by atoms with Crippen molar-refractivity contribution in [1.82, 2.24) is 24.6 Å². The van der Waals surface area contributed by atoms with Gasteiger partial charge in [-0.1, -0.05) is 12.6 Å². The van der Waals surface area contributed by atoms with E-state index in [1.807, 2.05) is 41.2 Å². The Balaban J connectivity index is 1.29. The molecule has 6 rings (SSSR count). The van der Waals surface area contributed by atoms with Crippen LogP contribution in [0.2, 0.25) is 0 Å². The number of pyridine rings is 1. The third-order valence-corrected chi connectivity index (χ3v) is 7.50. The first kappa shape index (κ1) is 25.5. The molecule has 4 heterocycles. The Morgan fingerprint density at radius 3 is 2.75 bits per heavy atom. The van der Waals surface area contributed by atoms with E-state index in [0.29, 0.717) is 42.2 Å². The average Bonchev–Trinajstić information content (AvgIpc) is 3.70. The summed E-state index contributed by atoms with van der Waals surface area (Å²) in [7, 11) is 1.78. The van der Waals surface area contributed by atoms with Gasteiger partial charge in [-0.25, -0.2) is 4.39 Å². The SMILES string of the molecule is C=CC(=O)N1CC[C@H](n2cc(-c3ccncc3)c(-c3cc(OCc4ccc5c(c4)CN(C)C5=O)ccc3F)n2)C1. The number of nitrogens with zero attached hydrogens (tertiary/aromatic N) is 5. The van der Waals surface area contributed by atoms with E-state index in [1.165, 1.54) is 12.1 Å². The fourth-order valence-electron chi connectivity index (χ4n) is 5.36. The molecule has 2 aromatic heterocycles. The van der Waals surface area contributed by atoms with Gasteiger partial charge in [0.25, 0.3) is 5.91 Å². The molecular weight excluding hydrogens is 509 g/mol. The van der Waals surface area contributed by atoms with Crippen molar-refractivity contribution in [1.29, 1.82) is 0 Å². The van der Waals surface area contributed by atoms with Gasteiger partial charge in [0.1, 0.15) is 23.9 Å². The zero-order valence-corrected chi connectivity index (χ0v) is 22.1. The Kier molecular flexibility index (Phi) is 6.63. The number of aromatic nitrogens is 3. The summed E-state index contributed by atoms with van der Waals surface area (Å²) in [6.45, 7) is 5.55. The highest BCUT2D eigenvalue weighted by atomic mass is 19.1. The molecule has 202 valence electrons. The third kappa shape index (κ3) is 4.75. The lowest BCUT2D eigenvalue weighted by Crippen LogP contribution is -2.27. The standard InChI is InChI=1S/C31H28FN5O3/c1-3-29(38)36-13-10-23(17-36)37-18-27(21-8-11-33-12-9-21)30(34-37)26-15-24(5-7-28(26)32)40-19-20-4-6-25-22(14-20)16-35(2)31(25)39/h3-9,11-12,14-15,18,23H,1,10,13,16-17,19H2,2H3/t23-/m0/s1. The molecule has 2 aliphatic rings. The number of ether oxygens (including phenoxy) is 1. The maximum atomic E-state index is 15.3. The number of rotatable bonds is 7. The van der Waals surface area contributed by atoms with E-state index < -0.39 is 5.82 Å².